The van der Waals surface area contributed by atoms with Crippen molar-refractivity contribution >= 4 is 21.9 Å². The summed E-state index contributed by atoms with van der Waals surface area (Å²) in [6.45, 7) is 0. The molecule has 0 radical (unpaired) electrons. The van der Waals surface area contributed by atoms with Crippen molar-refractivity contribution < 1.29 is 0 Å². The molecule has 0 unspecified atom stereocenters. The van der Waals surface area contributed by atoms with Gasteiger partial charge in [-0.2, -0.15) is 5.10 Å². The van der Waals surface area contributed by atoms with Crippen molar-refractivity contribution in [3.8, 4) is 0 Å². The molecule has 3 aromatic rings. The predicted octanol–water partition coefficient (Wildman–Crippen LogP) is 0.799. The molecule has 0 aliphatic carbocycles. The van der Waals surface area contributed by atoms with Crippen LogP contribution in [-0.2, 0) is 0 Å². The van der Waals surface area contributed by atoms with Gasteiger partial charge in [-0.1, -0.05) is 0 Å². The molecule has 3 aromatic heterocycles. The van der Waals surface area contributed by atoms with Crippen LogP contribution in [0.2, 0.25) is 0 Å². The second-order valence-electron chi connectivity index (χ2n) is 3.01. The van der Waals surface area contributed by atoms with Crippen LogP contribution < -0.4 is 5.56 Å². The number of aromatic nitrogens is 4. The Labute approximate surface area is 77.8 Å². The summed E-state index contributed by atoms with van der Waals surface area (Å²) in [5, 5.41) is 7.14. The minimum Gasteiger partial charge on any atom is -0.320 e. The van der Waals surface area contributed by atoms with Gasteiger partial charge in [0, 0.05) is 6.20 Å². The summed E-state index contributed by atoms with van der Waals surface area (Å²) >= 11 is 0. The van der Waals surface area contributed by atoms with E-state index in [1.54, 1.807) is 12.3 Å². The maximum absolute atomic E-state index is 11.5. The fourth-order valence-corrected chi connectivity index (χ4v) is 1.53. The van der Waals surface area contributed by atoms with Gasteiger partial charge < -0.3 is 4.98 Å². The van der Waals surface area contributed by atoms with Gasteiger partial charge in [0.15, 0.2) is 0 Å². The molecule has 0 bridgehead atoms. The van der Waals surface area contributed by atoms with Crippen molar-refractivity contribution in [1.29, 1.82) is 0 Å². The van der Waals surface area contributed by atoms with E-state index in [1.807, 2.05) is 6.07 Å². The molecular formula is C9H6N4O. The Morgan fingerprint density at radius 2 is 2.29 bits per heavy atom. The summed E-state index contributed by atoms with van der Waals surface area (Å²) in [6, 6.07) is 3.59. The molecule has 5 nitrogen and oxygen atoms in total. The summed E-state index contributed by atoms with van der Waals surface area (Å²) in [6.07, 6.45) is 3.18. The molecule has 0 spiro atoms. The topological polar surface area (TPSA) is 74.4 Å². The summed E-state index contributed by atoms with van der Waals surface area (Å²) in [7, 11) is 0. The molecule has 0 aliphatic rings. The lowest BCUT2D eigenvalue weighted by Gasteiger charge is -1.96. The zero-order valence-corrected chi connectivity index (χ0v) is 7.11. The lowest BCUT2D eigenvalue weighted by Crippen LogP contribution is -2.05. The average Bonchev–Trinajstić information content (AvgIpc) is 2.67. The molecule has 68 valence electrons. The average molecular weight is 186 g/mol. The van der Waals surface area contributed by atoms with Crippen LogP contribution in [0.4, 0.5) is 0 Å². The number of H-pyrrole nitrogens is 2. The zero-order valence-electron chi connectivity index (χ0n) is 7.11. The maximum atomic E-state index is 11.5. The first-order chi connectivity index (χ1) is 6.86. The van der Waals surface area contributed by atoms with E-state index in [0.29, 0.717) is 16.4 Å². The Bertz CT molecular complexity index is 667. The SMILES string of the molecule is O=c1[nH]c2cccnc2c2[nH]ncc12. The Balaban J connectivity index is 2.73. The van der Waals surface area contributed by atoms with Crippen LogP contribution in [0, 0.1) is 0 Å². The molecule has 0 saturated heterocycles. The molecule has 0 atom stereocenters. The fourth-order valence-electron chi connectivity index (χ4n) is 1.53. The minimum atomic E-state index is -0.144. The van der Waals surface area contributed by atoms with Crippen molar-refractivity contribution in [2.75, 3.05) is 0 Å². The Kier molecular flexibility index (Phi) is 1.25. The number of aromatic amines is 2. The molecule has 3 rings (SSSR count). The minimum absolute atomic E-state index is 0.144. The third-order valence-corrected chi connectivity index (χ3v) is 2.18. The van der Waals surface area contributed by atoms with Gasteiger partial charge in [0.05, 0.1) is 22.6 Å². The van der Waals surface area contributed by atoms with Crippen molar-refractivity contribution in [3.63, 3.8) is 0 Å². The van der Waals surface area contributed by atoms with Crippen LogP contribution in [-0.4, -0.2) is 20.2 Å². The van der Waals surface area contributed by atoms with E-state index in [-0.39, 0.29) is 5.56 Å². The second-order valence-corrected chi connectivity index (χ2v) is 3.01. The highest BCUT2D eigenvalue weighted by atomic mass is 16.1. The monoisotopic (exact) mass is 186 g/mol. The van der Waals surface area contributed by atoms with Crippen LogP contribution >= 0.6 is 0 Å². The molecule has 0 amide bonds. The first kappa shape index (κ1) is 7.25. The molecule has 3 heterocycles. The van der Waals surface area contributed by atoms with E-state index in [2.05, 4.69) is 20.2 Å². The van der Waals surface area contributed by atoms with Crippen LogP contribution in [0.15, 0.2) is 29.3 Å². The van der Waals surface area contributed by atoms with E-state index in [9.17, 15) is 4.79 Å². The third kappa shape index (κ3) is 0.806. The van der Waals surface area contributed by atoms with E-state index in [1.165, 1.54) is 6.20 Å². The lowest BCUT2D eigenvalue weighted by molar-refractivity contribution is 1.12. The van der Waals surface area contributed by atoms with Crippen molar-refractivity contribution in [2.24, 2.45) is 0 Å². The summed E-state index contributed by atoms with van der Waals surface area (Å²) in [5.74, 6) is 0. The highest BCUT2D eigenvalue weighted by molar-refractivity contribution is 5.99. The number of pyridine rings is 2. The highest BCUT2D eigenvalue weighted by Crippen LogP contribution is 2.14. The first-order valence-electron chi connectivity index (χ1n) is 4.16. The molecule has 0 aliphatic heterocycles. The van der Waals surface area contributed by atoms with Gasteiger partial charge in [0.2, 0.25) is 0 Å². The van der Waals surface area contributed by atoms with E-state index in [4.69, 9.17) is 0 Å². The summed E-state index contributed by atoms with van der Waals surface area (Å²) in [4.78, 5) is 18.4. The summed E-state index contributed by atoms with van der Waals surface area (Å²) < 4.78 is 0. The van der Waals surface area contributed by atoms with Crippen molar-refractivity contribution in [2.45, 2.75) is 0 Å². The van der Waals surface area contributed by atoms with Gasteiger partial charge in [-0.05, 0) is 12.1 Å². The maximum Gasteiger partial charge on any atom is 0.259 e. The van der Waals surface area contributed by atoms with Gasteiger partial charge in [-0.25, -0.2) is 0 Å². The molecule has 14 heavy (non-hydrogen) atoms. The van der Waals surface area contributed by atoms with Gasteiger partial charge >= 0.3 is 0 Å². The number of nitrogens with zero attached hydrogens (tertiary/aromatic N) is 2. The van der Waals surface area contributed by atoms with Crippen molar-refractivity contribution in [3.05, 3.63) is 34.9 Å². The van der Waals surface area contributed by atoms with Gasteiger partial charge in [0.1, 0.15) is 5.52 Å². The highest BCUT2D eigenvalue weighted by Gasteiger charge is 2.06. The predicted molar refractivity (Wildman–Crippen MR) is 52.0 cm³/mol. The van der Waals surface area contributed by atoms with E-state index >= 15 is 0 Å². The zero-order chi connectivity index (χ0) is 9.54. The first-order valence-corrected chi connectivity index (χ1v) is 4.16. The van der Waals surface area contributed by atoms with Crippen molar-refractivity contribution in [1.82, 2.24) is 20.2 Å². The van der Waals surface area contributed by atoms with Crippen LogP contribution in [0.1, 0.15) is 0 Å². The number of rotatable bonds is 0. The molecular weight excluding hydrogens is 180 g/mol. The Morgan fingerprint density at radius 1 is 1.36 bits per heavy atom. The van der Waals surface area contributed by atoms with Crippen LogP contribution in [0.5, 0.6) is 0 Å². The number of nitrogens with one attached hydrogen (secondary N) is 2. The Hall–Kier alpha value is -2.17. The normalized spacial score (nSPS) is 11.1. The summed E-state index contributed by atoms with van der Waals surface area (Å²) in [5.41, 5.74) is 1.99. The largest absolute Gasteiger partial charge is 0.320 e. The molecule has 5 heteroatoms. The van der Waals surface area contributed by atoms with Gasteiger partial charge in [-0.15, -0.1) is 0 Å². The number of hydrogen-bond donors (Lipinski definition) is 2. The number of fused-ring (bicyclic) bond motifs is 3. The lowest BCUT2D eigenvalue weighted by atomic mass is 10.2. The number of hydrogen-bond acceptors (Lipinski definition) is 3. The van der Waals surface area contributed by atoms with Crippen LogP contribution in [0.25, 0.3) is 21.9 Å². The van der Waals surface area contributed by atoms with E-state index in [0.717, 1.165) is 5.52 Å². The second kappa shape index (κ2) is 2.41. The molecule has 0 aromatic carbocycles. The molecule has 2 N–H and O–H groups in total. The Morgan fingerprint density at radius 3 is 3.21 bits per heavy atom. The van der Waals surface area contributed by atoms with E-state index < -0.39 is 0 Å². The fraction of sp³-hybridized carbons (Fsp3) is 0. The van der Waals surface area contributed by atoms with Gasteiger partial charge in [0.25, 0.3) is 5.56 Å². The molecule has 0 fully saturated rings. The van der Waals surface area contributed by atoms with Gasteiger partial charge in [-0.3, -0.25) is 14.9 Å². The molecule has 0 saturated carbocycles. The third-order valence-electron chi connectivity index (χ3n) is 2.18. The standard InChI is InChI=1S/C9H6N4O/c14-9-5-4-11-13-7(5)8-6(12-9)2-1-3-10-8/h1-4H,(H,11,13)(H,12,14). The van der Waals surface area contributed by atoms with Crippen LogP contribution in [0.3, 0.4) is 0 Å². The quantitative estimate of drug-likeness (QED) is 0.545. The smallest absolute Gasteiger partial charge is 0.259 e.